The molecular formula is C16H18N2OS. The fourth-order valence-electron chi connectivity index (χ4n) is 1.88. The molecule has 0 amide bonds. The van der Waals surface area contributed by atoms with E-state index in [0.717, 1.165) is 30.6 Å². The molecule has 0 bridgehead atoms. The fourth-order valence-corrected chi connectivity index (χ4v) is 2.02. The Morgan fingerprint density at radius 1 is 1.05 bits per heavy atom. The molecule has 0 saturated heterocycles. The van der Waals surface area contributed by atoms with Crippen LogP contribution in [0, 0.1) is 0 Å². The zero-order valence-electron chi connectivity index (χ0n) is 11.3. The molecule has 3 nitrogen and oxygen atoms in total. The molecule has 20 heavy (non-hydrogen) atoms. The van der Waals surface area contributed by atoms with Crippen molar-refractivity contribution in [2.75, 3.05) is 6.61 Å². The summed E-state index contributed by atoms with van der Waals surface area (Å²) in [5, 5.41) is 0. The maximum atomic E-state index is 5.66. The van der Waals surface area contributed by atoms with Gasteiger partial charge in [-0.1, -0.05) is 36.5 Å². The van der Waals surface area contributed by atoms with Crippen molar-refractivity contribution in [2.24, 2.45) is 5.73 Å². The first-order valence-corrected chi connectivity index (χ1v) is 7.02. The molecule has 2 aromatic rings. The van der Waals surface area contributed by atoms with E-state index in [2.05, 4.69) is 4.98 Å². The van der Waals surface area contributed by atoms with Gasteiger partial charge in [0.1, 0.15) is 4.99 Å². The van der Waals surface area contributed by atoms with E-state index in [1.165, 1.54) is 5.56 Å². The van der Waals surface area contributed by atoms with Crippen molar-refractivity contribution in [3.63, 3.8) is 0 Å². The maximum absolute atomic E-state index is 5.66. The molecule has 0 atom stereocenters. The van der Waals surface area contributed by atoms with Crippen molar-refractivity contribution >= 4 is 17.2 Å². The van der Waals surface area contributed by atoms with E-state index in [1.54, 1.807) is 0 Å². The average molecular weight is 286 g/mol. The topological polar surface area (TPSA) is 48.1 Å². The van der Waals surface area contributed by atoms with Crippen LogP contribution in [-0.2, 0) is 17.8 Å². The van der Waals surface area contributed by atoms with Gasteiger partial charge in [-0.2, -0.15) is 0 Å². The van der Waals surface area contributed by atoms with E-state index in [4.69, 9.17) is 22.7 Å². The molecular weight excluding hydrogens is 268 g/mol. The number of aromatic nitrogens is 1. The van der Waals surface area contributed by atoms with Gasteiger partial charge >= 0.3 is 0 Å². The molecule has 0 fully saturated rings. The van der Waals surface area contributed by atoms with Gasteiger partial charge in [0.15, 0.2) is 0 Å². The van der Waals surface area contributed by atoms with Gasteiger partial charge in [0, 0.05) is 24.6 Å². The van der Waals surface area contributed by atoms with Crippen LogP contribution in [-0.4, -0.2) is 16.6 Å². The number of nitrogens with two attached hydrogens (primary N) is 1. The molecule has 0 unspecified atom stereocenters. The van der Waals surface area contributed by atoms with E-state index in [-0.39, 0.29) is 0 Å². The Balaban J connectivity index is 1.67. The normalized spacial score (nSPS) is 10.4. The first-order chi connectivity index (χ1) is 9.75. The molecule has 2 N–H and O–H groups in total. The SMILES string of the molecule is NC(=S)c1ccc(COCCCc2ccncc2)cc1. The number of hydrogen-bond acceptors (Lipinski definition) is 3. The standard InChI is InChI=1S/C16H18N2OS/c17-16(20)15-5-3-14(4-6-15)12-19-11-1-2-13-7-9-18-10-8-13/h3-10H,1-2,11-12H2,(H2,17,20). The maximum Gasteiger partial charge on any atom is 0.103 e. The van der Waals surface area contributed by atoms with Crippen LogP contribution in [0.4, 0.5) is 0 Å². The minimum Gasteiger partial charge on any atom is -0.389 e. The summed E-state index contributed by atoms with van der Waals surface area (Å²) in [6.07, 6.45) is 5.66. The highest BCUT2D eigenvalue weighted by Crippen LogP contribution is 2.07. The highest BCUT2D eigenvalue weighted by molar-refractivity contribution is 7.80. The third-order valence-corrected chi connectivity index (χ3v) is 3.25. The summed E-state index contributed by atoms with van der Waals surface area (Å²) in [5.41, 5.74) is 8.87. The predicted octanol–water partition coefficient (Wildman–Crippen LogP) is 2.87. The van der Waals surface area contributed by atoms with Gasteiger partial charge < -0.3 is 10.5 Å². The Morgan fingerprint density at radius 3 is 2.40 bits per heavy atom. The summed E-state index contributed by atoms with van der Waals surface area (Å²) in [7, 11) is 0. The number of rotatable bonds is 7. The fraction of sp³-hybridized carbons (Fsp3) is 0.250. The summed E-state index contributed by atoms with van der Waals surface area (Å²) >= 11 is 4.92. The number of benzene rings is 1. The molecule has 2 rings (SSSR count). The Kier molecular flexibility index (Phi) is 5.65. The van der Waals surface area contributed by atoms with E-state index in [0.29, 0.717) is 11.6 Å². The number of thiocarbonyl (C=S) groups is 1. The van der Waals surface area contributed by atoms with E-state index in [9.17, 15) is 0 Å². The predicted molar refractivity (Wildman–Crippen MR) is 84.5 cm³/mol. The second-order valence-electron chi connectivity index (χ2n) is 4.57. The van der Waals surface area contributed by atoms with Crippen LogP contribution >= 0.6 is 12.2 Å². The highest BCUT2D eigenvalue weighted by atomic mass is 32.1. The van der Waals surface area contributed by atoms with Crippen molar-refractivity contribution < 1.29 is 4.74 Å². The lowest BCUT2D eigenvalue weighted by atomic mass is 10.1. The molecule has 0 aliphatic heterocycles. The Labute approximate surface area is 124 Å². The van der Waals surface area contributed by atoms with Gasteiger partial charge in [-0.25, -0.2) is 0 Å². The van der Waals surface area contributed by atoms with E-state index >= 15 is 0 Å². The van der Waals surface area contributed by atoms with Crippen LogP contribution in [0.15, 0.2) is 48.8 Å². The number of aryl methyl sites for hydroxylation is 1. The van der Waals surface area contributed by atoms with Gasteiger partial charge in [-0.3, -0.25) is 4.98 Å². The van der Waals surface area contributed by atoms with E-state index in [1.807, 2.05) is 48.8 Å². The van der Waals surface area contributed by atoms with E-state index < -0.39 is 0 Å². The number of nitrogens with zero attached hydrogens (tertiary/aromatic N) is 1. The summed E-state index contributed by atoms with van der Waals surface area (Å²) < 4.78 is 5.66. The zero-order valence-corrected chi connectivity index (χ0v) is 12.1. The average Bonchev–Trinajstić information content (AvgIpc) is 2.48. The quantitative estimate of drug-likeness (QED) is 0.628. The largest absolute Gasteiger partial charge is 0.389 e. The lowest BCUT2D eigenvalue weighted by Gasteiger charge is -2.05. The van der Waals surface area contributed by atoms with Crippen molar-refractivity contribution in [3.8, 4) is 0 Å². The number of pyridine rings is 1. The Bertz CT molecular complexity index is 540. The lowest BCUT2D eigenvalue weighted by Crippen LogP contribution is -2.09. The molecule has 0 aliphatic rings. The Hall–Kier alpha value is -1.78. The molecule has 0 aliphatic carbocycles. The summed E-state index contributed by atoms with van der Waals surface area (Å²) in [6.45, 7) is 1.37. The second-order valence-corrected chi connectivity index (χ2v) is 5.01. The molecule has 1 aromatic carbocycles. The van der Waals surface area contributed by atoms with Crippen LogP contribution in [0.5, 0.6) is 0 Å². The van der Waals surface area contributed by atoms with Crippen LogP contribution in [0.3, 0.4) is 0 Å². The molecule has 0 saturated carbocycles. The monoisotopic (exact) mass is 286 g/mol. The molecule has 0 radical (unpaired) electrons. The van der Waals surface area contributed by atoms with Gasteiger partial charge in [0.05, 0.1) is 6.61 Å². The minimum absolute atomic E-state index is 0.426. The smallest absolute Gasteiger partial charge is 0.103 e. The number of ether oxygens (including phenoxy) is 1. The Morgan fingerprint density at radius 2 is 1.75 bits per heavy atom. The summed E-state index contributed by atoms with van der Waals surface area (Å²) in [4.78, 5) is 4.43. The molecule has 104 valence electrons. The third kappa shape index (κ3) is 4.72. The van der Waals surface area contributed by atoms with Crippen molar-refractivity contribution in [1.29, 1.82) is 0 Å². The van der Waals surface area contributed by atoms with Crippen LogP contribution in [0.25, 0.3) is 0 Å². The first-order valence-electron chi connectivity index (χ1n) is 6.61. The van der Waals surface area contributed by atoms with Crippen LogP contribution in [0.1, 0.15) is 23.1 Å². The zero-order chi connectivity index (χ0) is 14.2. The first kappa shape index (κ1) is 14.6. The lowest BCUT2D eigenvalue weighted by molar-refractivity contribution is 0.118. The highest BCUT2D eigenvalue weighted by Gasteiger charge is 1.98. The van der Waals surface area contributed by atoms with Crippen molar-refractivity contribution in [1.82, 2.24) is 4.98 Å². The van der Waals surface area contributed by atoms with Crippen LogP contribution in [0.2, 0.25) is 0 Å². The molecule has 0 spiro atoms. The van der Waals surface area contributed by atoms with Crippen LogP contribution < -0.4 is 5.73 Å². The second kappa shape index (κ2) is 7.72. The van der Waals surface area contributed by atoms with Gasteiger partial charge in [-0.05, 0) is 36.1 Å². The number of hydrogen-bond donors (Lipinski definition) is 1. The summed E-state index contributed by atoms with van der Waals surface area (Å²) in [5.74, 6) is 0. The van der Waals surface area contributed by atoms with Gasteiger partial charge in [-0.15, -0.1) is 0 Å². The summed E-state index contributed by atoms with van der Waals surface area (Å²) in [6, 6.07) is 11.9. The van der Waals surface area contributed by atoms with Crippen molar-refractivity contribution in [3.05, 3.63) is 65.5 Å². The third-order valence-electron chi connectivity index (χ3n) is 3.01. The van der Waals surface area contributed by atoms with Crippen molar-refractivity contribution in [2.45, 2.75) is 19.4 Å². The molecule has 4 heteroatoms. The van der Waals surface area contributed by atoms with Gasteiger partial charge in [0.2, 0.25) is 0 Å². The molecule has 1 aromatic heterocycles. The molecule has 1 heterocycles. The minimum atomic E-state index is 0.426. The van der Waals surface area contributed by atoms with Gasteiger partial charge in [0.25, 0.3) is 0 Å².